The van der Waals surface area contributed by atoms with Crippen LogP contribution in [0.2, 0.25) is 0 Å². The lowest BCUT2D eigenvalue weighted by Gasteiger charge is -2.24. The number of fused-ring (bicyclic) bond motifs is 1. The van der Waals surface area contributed by atoms with Crippen LogP contribution in [0.1, 0.15) is 31.2 Å². The van der Waals surface area contributed by atoms with E-state index in [4.69, 9.17) is 0 Å². The minimum absolute atomic E-state index is 0.0166. The second-order valence-electron chi connectivity index (χ2n) is 5.52. The lowest BCUT2D eigenvalue weighted by atomic mass is 9.85. The van der Waals surface area contributed by atoms with Gasteiger partial charge in [0.05, 0.1) is 22.4 Å². The van der Waals surface area contributed by atoms with E-state index in [1.807, 2.05) is 0 Å². The third kappa shape index (κ3) is 2.03. The minimum atomic E-state index is -4.43. The van der Waals surface area contributed by atoms with E-state index >= 15 is 0 Å². The van der Waals surface area contributed by atoms with Gasteiger partial charge in [0, 0.05) is 6.54 Å². The van der Waals surface area contributed by atoms with Crippen molar-refractivity contribution in [3.05, 3.63) is 23.8 Å². The number of carbonyl (C=O) groups is 1. The fourth-order valence-electron chi connectivity index (χ4n) is 3.13. The summed E-state index contributed by atoms with van der Waals surface area (Å²) in [7, 11) is 0. The maximum atomic E-state index is 13.0. The number of anilines is 2. The molecule has 1 saturated carbocycles. The first-order chi connectivity index (χ1) is 9.42. The summed E-state index contributed by atoms with van der Waals surface area (Å²) < 4.78 is 39.1. The van der Waals surface area contributed by atoms with Crippen molar-refractivity contribution in [2.75, 3.05) is 17.2 Å². The van der Waals surface area contributed by atoms with Crippen molar-refractivity contribution in [2.45, 2.75) is 31.9 Å². The lowest BCUT2D eigenvalue weighted by molar-refractivity contribution is -0.137. The molecule has 2 aliphatic rings. The third-order valence-corrected chi connectivity index (χ3v) is 4.26. The van der Waals surface area contributed by atoms with Crippen LogP contribution >= 0.6 is 0 Å². The highest BCUT2D eigenvalue weighted by Gasteiger charge is 2.44. The van der Waals surface area contributed by atoms with Crippen molar-refractivity contribution in [2.24, 2.45) is 5.41 Å². The Morgan fingerprint density at radius 1 is 1.15 bits per heavy atom. The lowest BCUT2D eigenvalue weighted by Crippen LogP contribution is -2.37. The van der Waals surface area contributed by atoms with E-state index in [-0.39, 0.29) is 23.8 Å². The van der Waals surface area contributed by atoms with Gasteiger partial charge in [-0.25, -0.2) is 0 Å². The molecule has 0 atom stereocenters. The average molecular weight is 284 g/mol. The van der Waals surface area contributed by atoms with Crippen molar-refractivity contribution in [3.8, 4) is 0 Å². The number of alkyl halides is 3. The summed E-state index contributed by atoms with van der Waals surface area (Å²) in [6, 6.07) is 3.85. The summed E-state index contributed by atoms with van der Waals surface area (Å²) >= 11 is 0. The van der Waals surface area contributed by atoms with E-state index in [0.717, 1.165) is 31.7 Å². The van der Waals surface area contributed by atoms with E-state index in [1.165, 1.54) is 12.1 Å². The minimum Gasteiger partial charge on any atom is -0.382 e. The maximum Gasteiger partial charge on any atom is 0.418 e. The molecule has 0 saturated heterocycles. The first-order valence-electron chi connectivity index (χ1n) is 6.68. The standard InChI is InChI=1S/C14H15F3N2O/c15-14(16,17)9-4-3-5-10-11(9)18-8-13(12(20)19-10)6-1-2-7-13/h3-5,18H,1-2,6-8H2,(H,19,20). The largest absolute Gasteiger partial charge is 0.418 e. The van der Waals surface area contributed by atoms with Gasteiger partial charge in [-0.15, -0.1) is 0 Å². The summed E-state index contributed by atoms with van der Waals surface area (Å²) in [4.78, 5) is 12.3. The van der Waals surface area contributed by atoms with Crippen LogP contribution in [0.5, 0.6) is 0 Å². The van der Waals surface area contributed by atoms with Crippen LogP contribution in [-0.2, 0) is 11.0 Å². The molecular formula is C14H15F3N2O. The van der Waals surface area contributed by atoms with Gasteiger partial charge in [0.2, 0.25) is 5.91 Å². The van der Waals surface area contributed by atoms with Crippen molar-refractivity contribution in [1.29, 1.82) is 0 Å². The van der Waals surface area contributed by atoms with Crippen LogP contribution in [-0.4, -0.2) is 12.5 Å². The number of carbonyl (C=O) groups excluding carboxylic acids is 1. The van der Waals surface area contributed by atoms with Crippen LogP contribution in [0, 0.1) is 5.41 Å². The van der Waals surface area contributed by atoms with Crippen LogP contribution in [0.4, 0.5) is 24.5 Å². The van der Waals surface area contributed by atoms with Gasteiger partial charge >= 0.3 is 6.18 Å². The summed E-state index contributed by atoms with van der Waals surface area (Å²) in [6.45, 7) is 0.263. The first kappa shape index (κ1) is 13.3. The molecule has 1 aliphatic carbocycles. The van der Waals surface area contributed by atoms with Crippen molar-refractivity contribution < 1.29 is 18.0 Å². The van der Waals surface area contributed by atoms with E-state index in [1.54, 1.807) is 0 Å². The molecule has 3 nitrogen and oxygen atoms in total. The molecule has 0 radical (unpaired) electrons. The Balaban J connectivity index is 2.02. The predicted molar refractivity (Wildman–Crippen MR) is 69.5 cm³/mol. The zero-order valence-corrected chi connectivity index (χ0v) is 10.8. The van der Waals surface area contributed by atoms with Crippen molar-refractivity contribution >= 4 is 17.3 Å². The van der Waals surface area contributed by atoms with Gasteiger partial charge in [0.1, 0.15) is 0 Å². The molecule has 2 N–H and O–H groups in total. The molecule has 1 aliphatic heterocycles. The Morgan fingerprint density at radius 3 is 2.50 bits per heavy atom. The maximum absolute atomic E-state index is 13.0. The van der Waals surface area contributed by atoms with Gasteiger partial charge < -0.3 is 10.6 Å². The molecule has 6 heteroatoms. The van der Waals surface area contributed by atoms with Crippen LogP contribution < -0.4 is 10.6 Å². The zero-order chi connectivity index (χ0) is 14.4. The number of hydrogen-bond donors (Lipinski definition) is 2. The van der Waals surface area contributed by atoms with E-state index < -0.39 is 17.2 Å². The summed E-state index contributed by atoms with van der Waals surface area (Å²) in [5.74, 6) is -0.166. The van der Waals surface area contributed by atoms with Crippen LogP contribution in [0.3, 0.4) is 0 Å². The quantitative estimate of drug-likeness (QED) is 0.764. The van der Waals surface area contributed by atoms with Gasteiger partial charge in [0.15, 0.2) is 0 Å². The molecule has 1 amide bonds. The highest BCUT2D eigenvalue weighted by molar-refractivity contribution is 6.00. The number of halogens is 3. The Hall–Kier alpha value is -1.72. The average Bonchev–Trinajstić information content (AvgIpc) is 2.80. The second-order valence-corrected chi connectivity index (χ2v) is 5.52. The highest BCUT2D eigenvalue weighted by atomic mass is 19.4. The van der Waals surface area contributed by atoms with Crippen molar-refractivity contribution in [1.82, 2.24) is 0 Å². The highest BCUT2D eigenvalue weighted by Crippen LogP contribution is 2.45. The molecule has 1 spiro atoms. The Labute approximate surface area is 114 Å². The smallest absolute Gasteiger partial charge is 0.382 e. The number of para-hydroxylation sites is 1. The molecule has 1 heterocycles. The van der Waals surface area contributed by atoms with Gasteiger partial charge in [-0.05, 0) is 25.0 Å². The van der Waals surface area contributed by atoms with Crippen LogP contribution in [0.15, 0.2) is 18.2 Å². The zero-order valence-electron chi connectivity index (χ0n) is 10.8. The fraction of sp³-hybridized carbons (Fsp3) is 0.500. The normalized spacial score (nSPS) is 21.1. The van der Waals surface area contributed by atoms with E-state index in [9.17, 15) is 18.0 Å². The molecule has 0 bridgehead atoms. The molecule has 1 aromatic rings. The molecule has 0 aromatic heterocycles. The number of amides is 1. The van der Waals surface area contributed by atoms with Gasteiger partial charge in [-0.3, -0.25) is 4.79 Å². The van der Waals surface area contributed by atoms with Crippen LogP contribution in [0.25, 0.3) is 0 Å². The summed E-state index contributed by atoms with van der Waals surface area (Å²) in [5, 5.41) is 5.53. The Kier molecular flexibility index (Phi) is 2.92. The number of rotatable bonds is 0. The molecule has 1 fully saturated rings. The molecular weight excluding hydrogens is 269 g/mol. The molecule has 20 heavy (non-hydrogen) atoms. The van der Waals surface area contributed by atoms with Crippen molar-refractivity contribution in [3.63, 3.8) is 0 Å². The monoisotopic (exact) mass is 284 g/mol. The first-order valence-corrected chi connectivity index (χ1v) is 6.68. The Morgan fingerprint density at radius 2 is 1.85 bits per heavy atom. The molecule has 0 unspecified atom stereocenters. The van der Waals surface area contributed by atoms with E-state index in [0.29, 0.717) is 0 Å². The SMILES string of the molecule is O=C1Nc2cccc(C(F)(F)F)c2NCC12CCCC2. The summed E-state index contributed by atoms with van der Waals surface area (Å²) in [6.07, 6.45) is -1.10. The number of nitrogens with one attached hydrogen (secondary N) is 2. The molecule has 1 aromatic carbocycles. The molecule has 3 rings (SSSR count). The number of hydrogen-bond acceptors (Lipinski definition) is 2. The Bertz CT molecular complexity index is 548. The topological polar surface area (TPSA) is 41.1 Å². The van der Waals surface area contributed by atoms with Gasteiger partial charge in [-0.2, -0.15) is 13.2 Å². The number of benzene rings is 1. The predicted octanol–water partition coefficient (Wildman–Crippen LogP) is 3.63. The third-order valence-electron chi connectivity index (χ3n) is 4.26. The fourth-order valence-corrected chi connectivity index (χ4v) is 3.13. The van der Waals surface area contributed by atoms with E-state index in [2.05, 4.69) is 10.6 Å². The second kappa shape index (κ2) is 4.40. The summed E-state index contributed by atoms with van der Waals surface area (Å²) in [5.41, 5.74) is -1.10. The van der Waals surface area contributed by atoms with Gasteiger partial charge in [-0.1, -0.05) is 18.9 Å². The van der Waals surface area contributed by atoms with Gasteiger partial charge in [0.25, 0.3) is 0 Å². The molecule has 108 valence electrons.